The summed E-state index contributed by atoms with van der Waals surface area (Å²) in [6.45, 7) is 1.82. The van der Waals surface area contributed by atoms with Gasteiger partial charge in [0.05, 0.1) is 0 Å². The molecule has 0 spiro atoms. The predicted molar refractivity (Wildman–Crippen MR) is 65.6 cm³/mol. The van der Waals surface area contributed by atoms with E-state index >= 15 is 0 Å². The smallest absolute Gasteiger partial charge is 0.220 e. The number of carbonyl (C=O) groups is 2. The second-order valence-corrected chi connectivity index (χ2v) is 5.10. The van der Waals surface area contributed by atoms with Crippen LogP contribution in [0.15, 0.2) is 24.3 Å². The average Bonchev–Trinajstić information content (AvgIpc) is 2.34. The van der Waals surface area contributed by atoms with Gasteiger partial charge in [0.1, 0.15) is 5.41 Å². The van der Waals surface area contributed by atoms with Crippen LogP contribution < -0.4 is 0 Å². The Balaban J connectivity index is 2.73. The Kier molecular flexibility index (Phi) is 2.78. The van der Waals surface area contributed by atoms with E-state index in [4.69, 9.17) is 0 Å². The Morgan fingerprint density at radius 3 is 2.42 bits per heavy atom. The summed E-state index contributed by atoms with van der Waals surface area (Å²) < 4.78 is 0. The van der Waals surface area contributed by atoms with Gasteiger partial charge in [0.2, 0.25) is 12.3 Å². The van der Waals surface area contributed by atoms with E-state index in [9.17, 15) is 24.8 Å². The molecule has 1 N–H and O–H groups in total. The molecule has 0 radical (unpaired) electrons. The summed E-state index contributed by atoms with van der Waals surface area (Å²) in [7, 11) is 0. The average molecular weight is 263 g/mol. The molecule has 2 atom stereocenters. The van der Waals surface area contributed by atoms with Crippen molar-refractivity contribution in [2.24, 2.45) is 0 Å². The second-order valence-electron chi connectivity index (χ2n) is 5.10. The van der Waals surface area contributed by atoms with Crippen LogP contribution in [0.5, 0.6) is 0 Å². The van der Waals surface area contributed by atoms with Crippen LogP contribution in [0.3, 0.4) is 0 Å². The Hall–Kier alpha value is -2.08. The van der Waals surface area contributed by atoms with E-state index in [0.717, 1.165) is 6.92 Å². The number of carbonyl (C=O) groups excluding carboxylic acids is 2. The fourth-order valence-electron chi connectivity index (χ4n) is 2.60. The lowest BCUT2D eigenvalue weighted by Gasteiger charge is -2.37. The van der Waals surface area contributed by atoms with Crippen molar-refractivity contribution in [3.8, 4) is 0 Å². The number of fused-ring (bicyclic) bond motifs is 1. The highest BCUT2D eigenvalue weighted by Gasteiger charge is 2.57. The van der Waals surface area contributed by atoms with Crippen LogP contribution in [0.25, 0.3) is 0 Å². The van der Waals surface area contributed by atoms with Crippen LogP contribution in [-0.4, -0.2) is 33.7 Å². The molecule has 0 aromatic heterocycles. The molecule has 2 rings (SSSR count). The topological polar surface area (TPSA) is 97.5 Å². The van der Waals surface area contributed by atoms with Crippen LogP contribution in [0.1, 0.15) is 29.8 Å². The number of hydrogen-bond donors (Lipinski definition) is 1. The molecule has 1 aliphatic carbocycles. The lowest BCUT2D eigenvalue weighted by atomic mass is 9.64. The van der Waals surface area contributed by atoms with E-state index in [1.165, 1.54) is 19.1 Å². The molecule has 2 unspecified atom stereocenters. The van der Waals surface area contributed by atoms with E-state index in [1.807, 2.05) is 0 Å². The molecule has 0 amide bonds. The van der Waals surface area contributed by atoms with E-state index < -0.39 is 34.1 Å². The summed E-state index contributed by atoms with van der Waals surface area (Å²) in [5, 5.41) is 20.9. The third kappa shape index (κ3) is 1.76. The van der Waals surface area contributed by atoms with Crippen molar-refractivity contribution in [3.05, 3.63) is 45.5 Å². The van der Waals surface area contributed by atoms with Crippen molar-refractivity contribution in [2.75, 3.05) is 6.54 Å². The number of Topliss-reactive ketones (excluding diaryl/α,β-unsaturated/α-hetero) is 2. The first-order valence-electron chi connectivity index (χ1n) is 5.74. The fourth-order valence-corrected chi connectivity index (χ4v) is 2.60. The molecule has 0 fully saturated rings. The van der Waals surface area contributed by atoms with Gasteiger partial charge in [0.15, 0.2) is 11.4 Å². The zero-order chi connectivity index (χ0) is 14.4. The minimum Gasteiger partial charge on any atom is -0.374 e. The first kappa shape index (κ1) is 13.4. The molecule has 0 heterocycles. The first-order valence-corrected chi connectivity index (χ1v) is 5.74. The van der Waals surface area contributed by atoms with Crippen molar-refractivity contribution in [2.45, 2.75) is 24.9 Å². The van der Waals surface area contributed by atoms with Gasteiger partial charge in [-0.1, -0.05) is 24.3 Å². The summed E-state index contributed by atoms with van der Waals surface area (Å²) in [4.78, 5) is 34.6. The largest absolute Gasteiger partial charge is 0.374 e. The van der Waals surface area contributed by atoms with Crippen molar-refractivity contribution in [1.82, 2.24) is 0 Å². The summed E-state index contributed by atoms with van der Waals surface area (Å²) >= 11 is 0. The quantitative estimate of drug-likeness (QED) is 0.482. The number of benzene rings is 1. The van der Waals surface area contributed by atoms with Crippen LogP contribution in [0.4, 0.5) is 0 Å². The molecule has 0 bridgehead atoms. The lowest BCUT2D eigenvalue weighted by Crippen LogP contribution is -2.59. The monoisotopic (exact) mass is 263 g/mol. The maximum atomic E-state index is 12.3. The molecular weight excluding hydrogens is 250 g/mol. The maximum absolute atomic E-state index is 12.3. The number of ketones is 2. The van der Waals surface area contributed by atoms with Gasteiger partial charge in [-0.05, 0) is 19.4 Å². The number of hydrogen-bond acceptors (Lipinski definition) is 5. The molecule has 1 aromatic carbocycles. The Morgan fingerprint density at radius 2 is 1.84 bits per heavy atom. The molecule has 6 nitrogen and oxygen atoms in total. The standard InChI is InChI=1S/C13H13NO5/c1-12(7-14(18)19)9-6-4-3-5-8(9)10(15)13(2,17)11(12)16/h3-6,17H,7H2,1-2H3. The summed E-state index contributed by atoms with van der Waals surface area (Å²) in [5.74, 6) is -1.55. The van der Waals surface area contributed by atoms with Crippen LogP contribution >= 0.6 is 0 Å². The highest BCUT2D eigenvalue weighted by atomic mass is 16.6. The van der Waals surface area contributed by atoms with Gasteiger partial charge < -0.3 is 5.11 Å². The SMILES string of the molecule is CC1(O)C(=O)c2ccccc2C(C)(C[N+](=O)[O-])C1=O. The molecule has 0 saturated heterocycles. The second kappa shape index (κ2) is 3.96. The van der Waals surface area contributed by atoms with E-state index in [1.54, 1.807) is 12.1 Å². The number of nitro groups is 1. The Morgan fingerprint density at radius 1 is 1.26 bits per heavy atom. The van der Waals surface area contributed by atoms with Crippen molar-refractivity contribution >= 4 is 11.6 Å². The van der Waals surface area contributed by atoms with Gasteiger partial charge in [0, 0.05) is 10.5 Å². The van der Waals surface area contributed by atoms with Gasteiger partial charge >= 0.3 is 0 Å². The minimum absolute atomic E-state index is 0.163. The van der Waals surface area contributed by atoms with E-state index in [-0.39, 0.29) is 5.56 Å². The van der Waals surface area contributed by atoms with Crippen molar-refractivity contribution < 1.29 is 19.6 Å². The van der Waals surface area contributed by atoms with Gasteiger partial charge in [-0.3, -0.25) is 19.7 Å². The molecule has 1 aliphatic rings. The maximum Gasteiger partial charge on any atom is 0.220 e. The van der Waals surface area contributed by atoms with Gasteiger partial charge in [-0.15, -0.1) is 0 Å². The van der Waals surface area contributed by atoms with Crippen LogP contribution in [0, 0.1) is 10.1 Å². The normalized spacial score (nSPS) is 30.1. The van der Waals surface area contributed by atoms with Gasteiger partial charge in [-0.25, -0.2) is 0 Å². The predicted octanol–water partition coefficient (Wildman–Crippen LogP) is 0.737. The van der Waals surface area contributed by atoms with Crippen molar-refractivity contribution in [3.63, 3.8) is 0 Å². The summed E-state index contributed by atoms with van der Waals surface area (Å²) in [6.07, 6.45) is 0. The van der Waals surface area contributed by atoms with E-state index in [0.29, 0.717) is 5.56 Å². The van der Waals surface area contributed by atoms with Crippen molar-refractivity contribution in [1.29, 1.82) is 0 Å². The highest BCUT2D eigenvalue weighted by Crippen LogP contribution is 2.38. The third-order valence-electron chi connectivity index (χ3n) is 3.60. The fraction of sp³-hybridized carbons (Fsp3) is 0.385. The minimum atomic E-state index is -2.22. The number of nitrogens with zero attached hydrogens (tertiary/aromatic N) is 1. The zero-order valence-electron chi connectivity index (χ0n) is 10.5. The molecule has 100 valence electrons. The molecule has 0 aliphatic heterocycles. The van der Waals surface area contributed by atoms with Gasteiger partial charge in [-0.2, -0.15) is 0 Å². The number of aliphatic hydroxyl groups is 1. The lowest BCUT2D eigenvalue weighted by molar-refractivity contribution is -0.487. The summed E-state index contributed by atoms with van der Waals surface area (Å²) in [6, 6.07) is 6.19. The highest BCUT2D eigenvalue weighted by molar-refractivity contribution is 6.23. The third-order valence-corrected chi connectivity index (χ3v) is 3.60. The molecule has 1 aromatic rings. The van der Waals surface area contributed by atoms with Crippen LogP contribution in [0.2, 0.25) is 0 Å². The van der Waals surface area contributed by atoms with Gasteiger partial charge in [0.25, 0.3) is 0 Å². The number of rotatable bonds is 2. The first-order chi connectivity index (χ1) is 8.71. The van der Waals surface area contributed by atoms with Crippen LogP contribution in [-0.2, 0) is 10.2 Å². The van der Waals surface area contributed by atoms with E-state index in [2.05, 4.69) is 0 Å². The molecule has 6 heteroatoms. The zero-order valence-corrected chi connectivity index (χ0v) is 10.5. The molecular formula is C13H13NO5. The molecule has 19 heavy (non-hydrogen) atoms. The Bertz CT molecular complexity index is 592. The Labute approximate surface area is 109 Å². The molecule has 0 saturated carbocycles. The summed E-state index contributed by atoms with van der Waals surface area (Å²) in [5.41, 5.74) is -3.26.